The van der Waals surface area contributed by atoms with Crippen LogP contribution in [0.15, 0.2) is 82.1 Å². The lowest BCUT2D eigenvalue weighted by molar-refractivity contribution is -0.384. The van der Waals surface area contributed by atoms with Gasteiger partial charge in [0.05, 0.1) is 23.7 Å². The molecule has 1 aliphatic rings. The van der Waals surface area contributed by atoms with Gasteiger partial charge in [-0.15, -0.1) is 0 Å². The fourth-order valence-electron chi connectivity index (χ4n) is 3.88. The molecule has 1 heterocycles. The Balaban J connectivity index is 2.01. The standard InChI is InChI=1S/C25H27N3O5/c1-5-32-25(29)23-17(3)26-16(2)22(18(4)27-33-15-19-9-7-6-8-10-19)24(23)20-11-13-21(14-12-20)28(30)31/h6-14,24,27H,5,15H2,1-4H3. The highest BCUT2D eigenvalue weighted by Gasteiger charge is 2.35. The Morgan fingerprint density at radius 1 is 1.12 bits per heavy atom. The van der Waals surface area contributed by atoms with E-state index < -0.39 is 16.8 Å². The number of benzene rings is 2. The first-order valence-corrected chi connectivity index (χ1v) is 10.6. The van der Waals surface area contributed by atoms with E-state index in [0.717, 1.165) is 22.4 Å². The number of hydrogen-bond acceptors (Lipinski definition) is 7. The van der Waals surface area contributed by atoms with E-state index >= 15 is 0 Å². The maximum Gasteiger partial charge on any atom is 0.336 e. The number of rotatable bonds is 8. The number of nitrogens with one attached hydrogen (secondary N) is 1. The quantitative estimate of drug-likeness (QED) is 0.346. The summed E-state index contributed by atoms with van der Waals surface area (Å²) >= 11 is 0. The summed E-state index contributed by atoms with van der Waals surface area (Å²) in [4.78, 5) is 33.9. The highest BCUT2D eigenvalue weighted by molar-refractivity contribution is 6.06. The molecule has 172 valence electrons. The number of carbonyl (C=O) groups excluding carboxylic acids is 1. The maximum atomic E-state index is 12.9. The molecule has 1 aliphatic heterocycles. The van der Waals surface area contributed by atoms with Gasteiger partial charge in [0.15, 0.2) is 0 Å². The molecule has 0 aliphatic carbocycles. The molecule has 2 aromatic carbocycles. The molecule has 0 aromatic heterocycles. The van der Waals surface area contributed by atoms with Crippen LogP contribution in [0.25, 0.3) is 0 Å². The van der Waals surface area contributed by atoms with Crippen LogP contribution in [-0.2, 0) is 21.0 Å². The molecule has 1 N–H and O–H groups in total. The summed E-state index contributed by atoms with van der Waals surface area (Å²) in [5.41, 5.74) is 7.80. The lowest BCUT2D eigenvalue weighted by Gasteiger charge is -2.29. The van der Waals surface area contributed by atoms with Gasteiger partial charge in [0, 0.05) is 40.7 Å². The Bertz CT molecular complexity index is 1120. The van der Waals surface area contributed by atoms with Crippen LogP contribution in [0.2, 0.25) is 0 Å². The molecule has 0 amide bonds. The Morgan fingerprint density at radius 3 is 2.39 bits per heavy atom. The van der Waals surface area contributed by atoms with E-state index in [9.17, 15) is 14.9 Å². The summed E-state index contributed by atoms with van der Waals surface area (Å²) in [6.45, 7) is 7.79. The molecule has 8 nitrogen and oxygen atoms in total. The smallest absolute Gasteiger partial charge is 0.336 e. The highest BCUT2D eigenvalue weighted by Crippen LogP contribution is 2.40. The average molecular weight is 450 g/mol. The van der Waals surface area contributed by atoms with Crippen molar-refractivity contribution in [3.63, 3.8) is 0 Å². The molecule has 1 unspecified atom stereocenters. The first-order chi connectivity index (χ1) is 15.8. The van der Waals surface area contributed by atoms with Crippen molar-refractivity contribution in [1.82, 2.24) is 5.48 Å². The van der Waals surface area contributed by atoms with Gasteiger partial charge in [-0.1, -0.05) is 42.5 Å². The van der Waals surface area contributed by atoms with Gasteiger partial charge in [0.25, 0.3) is 5.69 Å². The van der Waals surface area contributed by atoms with Gasteiger partial charge >= 0.3 is 5.97 Å². The van der Waals surface area contributed by atoms with Crippen molar-refractivity contribution in [2.75, 3.05) is 6.61 Å². The highest BCUT2D eigenvalue weighted by atomic mass is 16.6. The third-order valence-corrected chi connectivity index (χ3v) is 5.34. The zero-order chi connectivity index (χ0) is 24.0. The molecule has 0 fully saturated rings. The Kier molecular flexibility index (Phi) is 7.74. The van der Waals surface area contributed by atoms with E-state index in [1.54, 1.807) is 26.0 Å². The number of esters is 1. The van der Waals surface area contributed by atoms with E-state index in [4.69, 9.17) is 9.57 Å². The fourth-order valence-corrected chi connectivity index (χ4v) is 3.88. The van der Waals surface area contributed by atoms with Gasteiger partial charge in [-0.05, 0) is 38.8 Å². The van der Waals surface area contributed by atoms with Gasteiger partial charge in [-0.3, -0.25) is 25.4 Å². The molecule has 0 saturated carbocycles. The van der Waals surface area contributed by atoms with Crippen LogP contribution in [0.3, 0.4) is 0 Å². The maximum absolute atomic E-state index is 12.9. The average Bonchev–Trinajstić information content (AvgIpc) is 2.79. The van der Waals surface area contributed by atoms with Crippen LogP contribution < -0.4 is 5.48 Å². The van der Waals surface area contributed by atoms with Crippen molar-refractivity contribution in [2.24, 2.45) is 4.99 Å². The second kappa shape index (κ2) is 10.7. The number of hydroxylamine groups is 1. The molecular formula is C25H27N3O5. The van der Waals surface area contributed by atoms with Crippen LogP contribution in [-0.4, -0.2) is 23.2 Å². The predicted molar refractivity (Wildman–Crippen MR) is 125 cm³/mol. The van der Waals surface area contributed by atoms with Crippen molar-refractivity contribution >= 4 is 17.4 Å². The topological polar surface area (TPSA) is 103 Å². The van der Waals surface area contributed by atoms with Crippen molar-refractivity contribution < 1.29 is 19.3 Å². The number of carbonyl (C=O) groups is 1. The molecule has 1 atom stereocenters. The van der Waals surface area contributed by atoms with E-state index in [2.05, 4.69) is 10.5 Å². The molecule has 0 spiro atoms. The number of ether oxygens (including phenoxy) is 1. The zero-order valence-corrected chi connectivity index (χ0v) is 19.1. The van der Waals surface area contributed by atoms with Crippen LogP contribution in [0.4, 0.5) is 5.69 Å². The summed E-state index contributed by atoms with van der Waals surface area (Å²) in [5.74, 6) is -0.986. The lowest BCUT2D eigenvalue weighted by Crippen LogP contribution is -2.27. The third kappa shape index (κ3) is 5.53. The summed E-state index contributed by atoms with van der Waals surface area (Å²) in [5, 5.41) is 11.1. The van der Waals surface area contributed by atoms with E-state index in [0.29, 0.717) is 23.6 Å². The minimum Gasteiger partial charge on any atom is -0.463 e. The molecule has 0 saturated heterocycles. The monoisotopic (exact) mass is 449 g/mol. The molecule has 0 bridgehead atoms. The Morgan fingerprint density at radius 2 is 1.79 bits per heavy atom. The van der Waals surface area contributed by atoms with Crippen molar-refractivity contribution in [3.05, 3.63) is 98.4 Å². The summed E-state index contributed by atoms with van der Waals surface area (Å²) in [6, 6.07) is 15.9. The van der Waals surface area contributed by atoms with E-state index in [-0.39, 0.29) is 12.3 Å². The molecule has 8 heteroatoms. The second-order valence-electron chi connectivity index (χ2n) is 7.61. The predicted octanol–water partition coefficient (Wildman–Crippen LogP) is 4.99. The third-order valence-electron chi connectivity index (χ3n) is 5.34. The van der Waals surface area contributed by atoms with Crippen LogP contribution in [0.5, 0.6) is 0 Å². The van der Waals surface area contributed by atoms with Gasteiger partial charge in [0.1, 0.15) is 0 Å². The number of nitro benzene ring substituents is 1. The van der Waals surface area contributed by atoms with Crippen LogP contribution in [0.1, 0.15) is 44.7 Å². The lowest BCUT2D eigenvalue weighted by atomic mass is 9.79. The number of hydrogen-bond donors (Lipinski definition) is 1. The molecule has 2 aromatic rings. The summed E-state index contributed by atoms with van der Waals surface area (Å²) < 4.78 is 5.32. The summed E-state index contributed by atoms with van der Waals surface area (Å²) in [7, 11) is 0. The normalized spacial score (nSPS) is 17.3. The van der Waals surface area contributed by atoms with Crippen molar-refractivity contribution in [1.29, 1.82) is 0 Å². The first kappa shape index (κ1) is 23.9. The molecular weight excluding hydrogens is 422 g/mol. The van der Waals surface area contributed by atoms with Crippen LogP contribution >= 0.6 is 0 Å². The minimum absolute atomic E-state index is 0.0232. The van der Waals surface area contributed by atoms with Crippen LogP contribution in [0, 0.1) is 10.1 Å². The van der Waals surface area contributed by atoms with E-state index in [1.165, 1.54) is 12.1 Å². The SMILES string of the molecule is CCOC(=O)C1=C(C)N=C(C)C(=C(C)NOCc2ccccc2)C1c1ccc([N+](=O)[O-])cc1. The van der Waals surface area contributed by atoms with E-state index in [1.807, 2.05) is 44.2 Å². The zero-order valence-electron chi connectivity index (χ0n) is 19.1. The number of non-ortho nitro benzene ring substituents is 1. The van der Waals surface area contributed by atoms with Crippen molar-refractivity contribution in [2.45, 2.75) is 40.2 Å². The second-order valence-corrected chi connectivity index (χ2v) is 7.61. The minimum atomic E-state index is -0.518. The van der Waals surface area contributed by atoms with Gasteiger partial charge in [-0.25, -0.2) is 4.79 Å². The first-order valence-electron chi connectivity index (χ1n) is 10.6. The fraction of sp³-hybridized carbons (Fsp3) is 0.280. The molecule has 3 rings (SSSR count). The number of allylic oxidation sites excluding steroid dienone is 3. The van der Waals surface area contributed by atoms with Gasteiger partial charge < -0.3 is 4.74 Å². The number of aliphatic imine (C=N–C) groups is 1. The van der Waals surface area contributed by atoms with Gasteiger partial charge in [-0.2, -0.15) is 0 Å². The Labute approximate surface area is 192 Å². The largest absolute Gasteiger partial charge is 0.463 e. The van der Waals surface area contributed by atoms with Crippen molar-refractivity contribution in [3.8, 4) is 0 Å². The number of nitrogens with zero attached hydrogens (tertiary/aromatic N) is 2. The Hall–Kier alpha value is -3.78. The summed E-state index contributed by atoms with van der Waals surface area (Å²) in [6.07, 6.45) is 0. The van der Waals surface area contributed by atoms with Gasteiger partial charge in [0.2, 0.25) is 0 Å². The molecule has 0 radical (unpaired) electrons. The molecule has 33 heavy (non-hydrogen) atoms. The number of nitro groups is 1.